The molecule has 2 aromatic rings. The number of amides is 1. The van der Waals surface area contributed by atoms with Crippen LogP contribution in [-0.4, -0.2) is 24.0 Å². The predicted octanol–water partition coefficient (Wildman–Crippen LogP) is 4.49. The zero-order chi connectivity index (χ0) is 17.7. The summed E-state index contributed by atoms with van der Waals surface area (Å²) in [4.78, 5) is 15.4. The minimum absolute atomic E-state index is 0.118. The van der Waals surface area contributed by atoms with Gasteiger partial charge in [-0.15, -0.1) is 0 Å². The molecule has 0 radical (unpaired) electrons. The minimum Gasteiger partial charge on any atom is -0.347 e. The Bertz CT molecular complexity index is 844. The van der Waals surface area contributed by atoms with Gasteiger partial charge in [-0.05, 0) is 37.7 Å². The fourth-order valence-electron chi connectivity index (χ4n) is 5.15. The Morgan fingerprint density at radius 3 is 2.54 bits per heavy atom. The van der Waals surface area contributed by atoms with Crippen LogP contribution in [0.15, 0.2) is 48.5 Å². The van der Waals surface area contributed by atoms with Crippen molar-refractivity contribution in [3.05, 3.63) is 70.8 Å². The van der Waals surface area contributed by atoms with Gasteiger partial charge < -0.3 is 9.64 Å². The minimum atomic E-state index is -0.765. The molecule has 3 nitrogen and oxygen atoms in total. The second kappa shape index (κ2) is 5.95. The lowest BCUT2D eigenvalue weighted by molar-refractivity contribution is -0.100. The maximum atomic E-state index is 13.3. The molecular weight excluding hydrogens is 322 g/mol. The van der Waals surface area contributed by atoms with Crippen molar-refractivity contribution in [3.8, 4) is 0 Å². The third kappa shape index (κ3) is 2.20. The number of aryl methyl sites for hydroxylation is 1. The van der Waals surface area contributed by atoms with E-state index in [1.165, 1.54) is 31.2 Å². The van der Waals surface area contributed by atoms with Crippen LogP contribution in [0.4, 0.5) is 0 Å². The fourth-order valence-corrected chi connectivity index (χ4v) is 5.15. The summed E-state index contributed by atoms with van der Waals surface area (Å²) >= 11 is 0. The number of benzene rings is 2. The van der Waals surface area contributed by atoms with Crippen molar-refractivity contribution in [2.24, 2.45) is 11.8 Å². The van der Waals surface area contributed by atoms with Gasteiger partial charge in [0.25, 0.3) is 5.91 Å². The van der Waals surface area contributed by atoms with E-state index in [-0.39, 0.29) is 5.91 Å². The van der Waals surface area contributed by atoms with Crippen LogP contribution in [0.5, 0.6) is 0 Å². The molecule has 1 amide bonds. The highest BCUT2D eigenvalue weighted by Crippen LogP contribution is 2.49. The molecule has 3 aliphatic rings. The molecule has 2 fully saturated rings. The van der Waals surface area contributed by atoms with E-state index in [1.807, 2.05) is 23.1 Å². The molecule has 3 atom stereocenters. The Labute approximate surface area is 155 Å². The van der Waals surface area contributed by atoms with Crippen LogP contribution < -0.4 is 0 Å². The van der Waals surface area contributed by atoms with Crippen molar-refractivity contribution in [1.29, 1.82) is 0 Å². The Balaban J connectivity index is 1.70. The number of carbonyl (C=O) groups excluding carboxylic acids is 1. The summed E-state index contributed by atoms with van der Waals surface area (Å²) < 4.78 is 6.71. The van der Waals surface area contributed by atoms with E-state index in [2.05, 4.69) is 37.3 Å². The van der Waals surface area contributed by atoms with E-state index in [9.17, 15) is 4.79 Å². The summed E-state index contributed by atoms with van der Waals surface area (Å²) in [6.45, 7) is 3.62. The van der Waals surface area contributed by atoms with E-state index in [0.29, 0.717) is 11.8 Å². The molecule has 2 aliphatic heterocycles. The molecule has 2 aromatic carbocycles. The van der Waals surface area contributed by atoms with Crippen LogP contribution in [0.1, 0.15) is 52.7 Å². The number of carbonyl (C=O) groups is 1. The lowest BCUT2D eigenvalue weighted by atomic mass is 9.79. The quantitative estimate of drug-likeness (QED) is 0.761. The van der Waals surface area contributed by atoms with E-state index in [0.717, 1.165) is 29.8 Å². The van der Waals surface area contributed by atoms with Gasteiger partial charge in [0.15, 0.2) is 5.72 Å². The normalized spacial score (nSPS) is 30.3. The Kier molecular flexibility index (Phi) is 3.68. The molecule has 1 saturated heterocycles. The van der Waals surface area contributed by atoms with E-state index >= 15 is 0 Å². The maximum absolute atomic E-state index is 13.3. The highest BCUT2D eigenvalue weighted by Gasteiger charge is 2.54. The first kappa shape index (κ1) is 16.1. The van der Waals surface area contributed by atoms with Gasteiger partial charge in [-0.25, -0.2) is 0 Å². The van der Waals surface area contributed by atoms with Crippen molar-refractivity contribution in [2.45, 2.75) is 38.3 Å². The second-order valence-corrected chi connectivity index (χ2v) is 8.09. The molecule has 0 unspecified atom stereocenters. The highest BCUT2D eigenvalue weighted by atomic mass is 16.5. The fraction of sp³-hybridized carbons (Fsp3) is 0.435. The van der Waals surface area contributed by atoms with E-state index in [1.54, 1.807) is 0 Å². The average molecular weight is 347 g/mol. The number of hydrogen-bond donors (Lipinski definition) is 0. The molecule has 0 N–H and O–H groups in total. The summed E-state index contributed by atoms with van der Waals surface area (Å²) in [5, 5.41) is 0. The first-order chi connectivity index (χ1) is 12.7. The zero-order valence-corrected chi connectivity index (χ0v) is 15.3. The number of fused-ring (bicyclic) bond motifs is 4. The molecule has 0 spiro atoms. The molecule has 134 valence electrons. The van der Waals surface area contributed by atoms with Gasteiger partial charge in [0.1, 0.15) is 0 Å². The number of ether oxygens (including phenoxy) is 1. The van der Waals surface area contributed by atoms with Gasteiger partial charge in [-0.3, -0.25) is 4.79 Å². The van der Waals surface area contributed by atoms with Gasteiger partial charge in [-0.1, -0.05) is 60.9 Å². The molecule has 1 saturated carbocycles. The summed E-state index contributed by atoms with van der Waals surface area (Å²) in [5.74, 6) is 1.23. The lowest BCUT2D eigenvalue weighted by Crippen LogP contribution is -2.47. The number of nitrogens with zero attached hydrogens (tertiary/aromatic N) is 1. The summed E-state index contributed by atoms with van der Waals surface area (Å²) in [6.07, 6.45) is 4.98. The van der Waals surface area contributed by atoms with Crippen molar-refractivity contribution in [3.63, 3.8) is 0 Å². The summed E-state index contributed by atoms with van der Waals surface area (Å²) in [6, 6.07) is 16.5. The second-order valence-electron chi connectivity index (χ2n) is 8.09. The van der Waals surface area contributed by atoms with Crippen molar-refractivity contribution < 1.29 is 9.53 Å². The molecule has 3 heteroatoms. The molecule has 5 rings (SSSR count). The molecule has 0 bridgehead atoms. The van der Waals surface area contributed by atoms with Crippen LogP contribution in [0, 0.1) is 18.8 Å². The van der Waals surface area contributed by atoms with Crippen molar-refractivity contribution in [2.75, 3.05) is 13.2 Å². The third-order valence-corrected chi connectivity index (χ3v) is 6.58. The zero-order valence-electron chi connectivity index (χ0n) is 15.3. The first-order valence-corrected chi connectivity index (χ1v) is 9.83. The monoisotopic (exact) mass is 347 g/mol. The standard InChI is InChI=1S/C23H25NO2/c1-16-10-12-19(13-11-16)23-21-9-5-4-8-20(21)22(25)24(23)14-17-6-2-3-7-18(17)15-26-23/h4-5,8-13,17-18H,2-3,6-7,14-15H2,1H3/t17-,18+,23-/m0/s1. The smallest absolute Gasteiger partial charge is 0.257 e. The van der Waals surface area contributed by atoms with Gasteiger partial charge >= 0.3 is 0 Å². The highest BCUT2D eigenvalue weighted by molar-refractivity contribution is 6.00. The van der Waals surface area contributed by atoms with Crippen LogP contribution in [-0.2, 0) is 10.5 Å². The Hall–Kier alpha value is -2.13. The Morgan fingerprint density at radius 2 is 1.73 bits per heavy atom. The van der Waals surface area contributed by atoms with Crippen LogP contribution in [0.25, 0.3) is 0 Å². The first-order valence-electron chi connectivity index (χ1n) is 9.83. The van der Waals surface area contributed by atoms with Crippen molar-refractivity contribution in [1.82, 2.24) is 4.90 Å². The molecular formula is C23H25NO2. The van der Waals surface area contributed by atoms with Gasteiger partial charge in [-0.2, -0.15) is 0 Å². The lowest BCUT2D eigenvalue weighted by Gasteiger charge is -2.38. The van der Waals surface area contributed by atoms with Gasteiger partial charge in [0.05, 0.1) is 6.61 Å². The summed E-state index contributed by atoms with van der Waals surface area (Å²) in [5.41, 5.74) is 3.32. The van der Waals surface area contributed by atoms with Crippen LogP contribution in [0.2, 0.25) is 0 Å². The molecule has 2 heterocycles. The van der Waals surface area contributed by atoms with Crippen LogP contribution in [0.3, 0.4) is 0 Å². The van der Waals surface area contributed by atoms with Gasteiger partial charge in [0.2, 0.25) is 0 Å². The number of rotatable bonds is 1. The number of hydrogen-bond acceptors (Lipinski definition) is 2. The van der Waals surface area contributed by atoms with Crippen molar-refractivity contribution >= 4 is 5.91 Å². The third-order valence-electron chi connectivity index (χ3n) is 6.58. The van der Waals surface area contributed by atoms with Gasteiger partial charge in [0, 0.05) is 23.2 Å². The maximum Gasteiger partial charge on any atom is 0.257 e. The largest absolute Gasteiger partial charge is 0.347 e. The molecule has 1 aliphatic carbocycles. The molecule has 26 heavy (non-hydrogen) atoms. The predicted molar refractivity (Wildman–Crippen MR) is 101 cm³/mol. The SMILES string of the molecule is Cc1ccc([C@@]23OC[C@H]4CCCC[C@H]4CN2C(=O)c2ccccc23)cc1. The van der Waals surface area contributed by atoms with E-state index in [4.69, 9.17) is 4.74 Å². The molecule has 0 aromatic heterocycles. The summed E-state index contributed by atoms with van der Waals surface area (Å²) in [7, 11) is 0. The van der Waals surface area contributed by atoms with Crippen LogP contribution >= 0.6 is 0 Å². The topological polar surface area (TPSA) is 29.5 Å². The average Bonchev–Trinajstić information content (AvgIpc) is 2.81. The van der Waals surface area contributed by atoms with E-state index < -0.39 is 5.72 Å². The Morgan fingerprint density at radius 1 is 1.00 bits per heavy atom.